The minimum Gasteiger partial charge on any atom is -0.474 e. The fourth-order valence-corrected chi connectivity index (χ4v) is 2.27. The fourth-order valence-electron chi connectivity index (χ4n) is 2.27. The molecule has 2 heterocycles. The van der Waals surface area contributed by atoms with Crippen molar-refractivity contribution in [3.63, 3.8) is 0 Å². The molecular formula is C11H15N5O. The summed E-state index contributed by atoms with van der Waals surface area (Å²) in [4.78, 5) is 8.36. The largest absolute Gasteiger partial charge is 0.474 e. The number of hydrogen-bond acceptors (Lipinski definition) is 5. The number of aromatic nitrogens is 4. The molecule has 2 aromatic rings. The molecule has 0 radical (unpaired) electrons. The second kappa shape index (κ2) is 3.96. The van der Waals surface area contributed by atoms with E-state index >= 15 is 0 Å². The van der Waals surface area contributed by atoms with Crippen LogP contribution in [0.4, 0.5) is 0 Å². The number of nitrogens with two attached hydrogens (primary N) is 1. The molecule has 0 aromatic carbocycles. The van der Waals surface area contributed by atoms with Crippen molar-refractivity contribution < 1.29 is 4.74 Å². The zero-order valence-electron chi connectivity index (χ0n) is 9.71. The average Bonchev–Trinajstić information content (AvgIpc) is 2.88. The number of rotatable bonds is 2. The average molecular weight is 233 g/mol. The van der Waals surface area contributed by atoms with Gasteiger partial charge in [0.25, 0.3) is 0 Å². The molecule has 6 nitrogen and oxygen atoms in total. The summed E-state index contributed by atoms with van der Waals surface area (Å²) in [6.45, 7) is 0. The molecule has 3 rings (SSSR count). The van der Waals surface area contributed by atoms with Crippen LogP contribution in [0.3, 0.4) is 0 Å². The summed E-state index contributed by atoms with van der Waals surface area (Å²) >= 11 is 0. The summed E-state index contributed by atoms with van der Waals surface area (Å²) < 4.78 is 7.60. The van der Waals surface area contributed by atoms with Crippen molar-refractivity contribution >= 4 is 11.0 Å². The smallest absolute Gasteiger partial charge is 0.228 e. The Morgan fingerprint density at radius 2 is 2.29 bits per heavy atom. The van der Waals surface area contributed by atoms with Gasteiger partial charge in [0.2, 0.25) is 5.88 Å². The van der Waals surface area contributed by atoms with Crippen molar-refractivity contribution in [1.82, 2.24) is 19.7 Å². The molecule has 2 N–H and O–H groups in total. The summed E-state index contributed by atoms with van der Waals surface area (Å²) in [6, 6.07) is 0.256. The van der Waals surface area contributed by atoms with E-state index in [4.69, 9.17) is 10.5 Å². The second-order valence-electron chi connectivity index (χ2n) is 4.50. The predicted molar refractivity (Wildman–Crippen MR) is 62.5 cm³/mol. The lowest BCUT2D eigenvalue weighted by Gasteiger charge is -2.12. The Hall–Kier alpha value is -1.69. The summed E-state index contributed by atoms with van der Waals surface area (Å²) in [6.07, 6.45) is 6.32. The molecule has 6 heteroatoms. The Morgan fingerprint density at radius 3 is 3.06 bits per heavy atom. The van der Waals surface area contributed by atoms with Gasteiger partial charge in [0.1, 0.15) is 17.8 Å². The quantitative estimate of drug-likeness (QED) is 0.822. The Kier molecular flexibility index (Phi) is 2.44. The van der Waals surface area contributed by atoms with E-state index in [0.29, 0.717) is 5.88 Å². The third-order valence-corrected chi connectivity index (χ3v) is 3.20. The van der Waals surface area contributed by atoms with Crippen LogP contribution in [0.25, 0.3) is 11.0 Å². The molecule has 2 aromatic heterocycles. The predicted octanol–water partition coefficient (Wildman–Crippen LogP) is 0.622. The highest BCUT2D eigenvalue weighted by Gasteiger charge is 2.24. The molecule has 0 amide bonds. The highest BCUT2D eigenvalue weighted by molar-refractivity contribution is 5.79. The van der Waals surface area contributed by atoms with Crippen LogP contribution in [-0.2, 0) is 7.05 Å². The van der Waals surface area contributed by atoms with E-state index in [1.807, 2.05) is 7.05 Å². The van der Waals surface area contributed by atoms with E-state index in [1.54, 1.807) is 10.9 Å². The molecule has 17 heavy (non-hydrogen) atoms. The maximum Gasteiger partial charge on any atom is 0.228 e. The van der Waals surface area contributed by atoms with Crippen LogP contribution in [0.5, 0.6) is 5.88 Å². The second-order valence-corrected chi connectivity index (χ2v) is 4.50. The Bertz CT molecular complexity index is 538. The molecule has 90 valence electrons. The molecule has 2 unspecified atom stereocenters. The summed E-state index contributed by atoms with van der Waals surface area (Å²) in [7, 11) is 1.85. The SMILES string of the molecule is Cn1ncc2c(OC3CCC(N)C3)ncnc21. The van der Waals surface area contributed by atoms with Gasteiger partial charge in [-0.25, -0.2) is 9.97 Å². The van der Waals surface area contributed by atoms with E-state index in [-0.39, 0.29) is 12.1 Å². The van der Waals surface area contributed by atoms with Crippen LogP contribution in [0.1, 0.15) is 19.3 Å². The zero-order chi connectivity index (χ0) is 11.8. The molecule has 0 spiro atoms. The van der Waals surface area contributed by atoms with Crippen molar-refractivity contribution in [2.75, 3.05) is 0 Å². The van der Waals surface area contributed by atoms with Gasteiger partial charge in [0.05, 0.1) is 6.20 Å². The molecule has 0 saturated heterocycles. The van der Waals surface area contributed by atoms with Crippen LogP contribution in [-0.4, -0.2) is 31.9 Å². The molecule has 1 fully saturated rings. The number of fused-ring (bicyclic) bond motifs is 1. The van der Waals surface area contributed by atoms with Crippen molar-refractivity contribution in [2.45, 2.75) is 31.4 Å². The van der Waals surface area contributed by atoms with Crippen molar-refractivity contribution in [3.05, 3.63) is 12.5 Å². The van der Waals surface area contributed by atoms with Gasteiger partial charge in [0, 0.05) is 13.1 Å². The van der Waals surface area contributed by atoms with Crippen molar-refractivity contribution in [2.24, 2.45) is 12.8 Å². The highest BCUT2D eigenvalue weighted by Crippen LogP contribution is 2.26. The van der Waals surface area contributed by atoms with E-state index < -0.39 is 0 Å². The minimum absolute atomic E-state index is 0.170. The first kappa shape index (κ1) is 10.5. The lowest BCUT2D eigenvalue weighted by Crippen LogP contribution is -2.19. The van der Waals surface area contributed by atoms with Gasteiger partial charge >= 0.3 is 0 Å². The van der Waals surface area contributed by atoms with Crippen LogP contribution >= 0.6 is 0 Å². The van der Waals surface area contributed by atoms with Crippen LogP contribution < -0.4 is 10.5 Å². The molecule has 2 atom stereocenters. The third kappa shape index (κ3) is 1.84. The lowest BCUT2D eigenvalue weighted by atomic mass is 10.3. The first-order chi connectivity index (χ1) is 8.24. The molecular weight excluding hydrogens is 218 g/mol. The van der Waals surface area contributed by atoms with Crippen LogP contribution in [0.2, 0.25) is 0 Å². The van der Waals surface area contributed by atoms with Gasteiger partial charge in [-0.15, -0.1) is 0 Å². The van der Waals surface area contributed by atoms with Crippen molar-refractivity contribution in [3.8, 4) is 5.88 Å². The Balaban J connectivity index is 1.90. The monoisotopic (exact) mass is 233 g/mol. The number of hydrogen-bond donors (Lipinski definition) is 1. The number of nitrogens with zero attached hydrogens (tertiary/aromatic N) is 4. The number of ether oxygens (including phenoxy) is 1. The molecule has 1 aliphatic carbocycles. The maximum absolute atomic E-state index is 5.89. The van der Waals surface area contributed by atoms with E-state index in [0.717, 1.165) is 30.3 Å². The van der Waals surface area contributed by atoms with Gasteiger partial charge in [-0.1, -0.05) is 0 Å². The van der Waals surface area contributed by atoms with Crippen LogP contribution in [0.15, 0.2) is 12.5 Å². The zero-order valence-corrected chi connectivity index (χ0v) is 9.71. The fraction of sp³-hybridized carbons (Fsp3) is 0.545. The molecule has 1 saturated carbocycles. The normalized spacial score (nSPS) is 24.4. The first-order valence-electron chi connectivity index (χ1n) is 5.79. The summed E-state index contributed by atoms with van der Waals surface area (Å²) in [5, 5.41) is 5.01. The van der Waals surface area contributed by atoms with Gasteiger partial charge < -0.3 is 10.5 Å². The van der Waals surface area contributed by atoms with Crippen LogP contribution in [0, 0.1) is 0 Å². The van der Waals surface area contributed by atoms with E-state index in [9.17, 15) is 0 Å². The molecule has 0 bridgehead atoms. The maximum atomic E-state index is 5.89. The van der Waals surface area contributed by atoms with Gasteiger partial charge in [0.15, 0.2) is 5.65 Å². The Morgan fingerprint density at radius 1 is 1.41 bits per heavy atom. The third-order valence-electron chi connectivity index (χ3n) is 3.20. The molecule has 1 aliphatic rings. The minimum atomic E-state index is 0.170. The first-order valence-corrected chi connectivity index (χ1v) is 5.79. The van der Waals surface area contributed by atoms with Gasteiger partial charge in [-0.05, 0) is 19.3 Å². The summed E-state index contributed by atoms with van der Waals surface area (Å²) in [5.74, 6) is 0.613. The lowest BCUT2D eigenvalue weighted by molar-refractivity contribution is 0.202. The van der Waals surface area contributed by atoms with Gasteiger partial charge in [-0.3, -0.25) is 4.68 Å². The van der Waals surface area contributed by atoms with E-state index in [1.165, 1.54) is 6.33 Å². The van der Waals surface area contributed by atoms with Crippen molar-refractivity contribution in [1.29, 1.82) is 0 Å². The van der Waals surface area contributed by atoms with E-state index in [2.05, 4.69) is 15.1 Å². The number of aryl methyl sites for hydroxylation is 1. The standard InChI is InChI=1S/C11H15N5O/c1-16-10-9(5-15-16)11(14-6-13-10)17-8-3-2-7(12)4-8/h5-8H,2-4,12H2,1H3. The Labute approximate surface area is 98.8 Å². The summed E-state index contributed by atoms with van der Waals surface area (Å²) in [5.41, 5.74) is 6.66. The highest BCUT2D eigenvalue weighted by atomic mass is 16.5. The van der Waals surface area contributed by atoms with Gasteiger partial charge in [-0.2, -0.15) is 5.10 Å². The molecule has 0 aliphatic heterocycles. The topological polar surface area (TPSA) is 78.9 Å².